The third-order valence-corrected chi connectivity index (χ3v) is 3.93. The van der Waals surface area contributed by atoms with Gasteiger partial charge in [0.25, 0.3) is 0 Å². The molecule has 0 aromatic carbocycles. The summed E-state index contributed by atoms with van der Waals surface area (Å²) < 4.78 is 5.45. The molecule has 0 spiro atoms. The van der Waals surface area contributed by atoms with E-state index in [0.717, 1.165) is 30.9 Å². The van der Waals surface area contributed by atoms with Gasteiger partial charge in [-0.2, -0.15) is 0 Å². The van der Waals surface area contributed by atoms with Crippen LogP contribution in [0.5, 0.6) is 0 Å². The van der Waals surface area contributed by atoms with Gasteiger partial charge >= 0.3 is 6.09 Å². The van der Waals surface area contributed by atoms with E-state index in [1.807, 2.05) is 33.8 Å². The van der Waals surface area contributed by atoms with Gasteiger partial charge in [-0.15, -0.1) is 0 Å². The monoisotopic (exact) mass is 340 g/mol. The summed E-state index contributed by atoms with van der Waals surface area (Å²) in [5, 5.41) is 0.252. The normalized spacial score (nSPS) is 18.7. The minimum atomic E-state index is -0.489. The number of ether oxygens (including phenoxy) is 1. The van der Waals surface area contributed by atoms with E-state index in [9.17, 15) is 4.79 Å². The van der Waals surface area contributed by atoms with Crippen molar-refractivity contribution in [1.82, 2.24) is 14.9 Å². The van der Waals surface area contributed by atoms with Crippen LogP contribution in [0.4, 0.5) is 10.6 Å². The van der Waals surface area contributed by atoms with Crippen LogP contribution in [0, 0.1) is 6.92 Å². The molecule has 0 saturated carbocycles. The van der Waals surface area contributed by atoms with Gasteiger partial charge in [0.15, 0.2) is 0 Å². The lowest BCUT2D eigenvalue weighted by molar-refractivity contribution is 0.0209. The van der Waals surface area contributed by atoms with Crippen LogP contribution >= 0.6 is 11.6 Å². The topological polar surface area (TPSA) is 58.6 Å². The van der Waals surface area contributed by atoms with Gasteiger partial charge in [0.05, 0.1) is 6.04 Å². The standard InChI is InChI=1S/C16H25ClN4O2/c1-11-9-13(19-14(17)18-11)21-8-6-7-12(10-21)20(5)15(22)23-16(2,3)4/h9,12H,6-8,10H2,1-5H3/t12-/m0/s1. The predicted octanol–water partition coefficient (Wildman–Crippen LogP) is 3.27. The molecule has 0 aliphatic carbocycles. The van der Waals surface area contributed by atoms with E-state index in [0.29, 0.717) is 6.54 Å². The zero-order chi connectivity index (χ0) is 17.2. The number of carbonyl (C=O) groups excluding carboxylic acids is 1. The number of halogens is 1. The largest absolute Gasteiger partial charge is 0.444 e. The highest BCUT2D eigenvalue weighted by Crippen LogP contribution is 2.23. The maximum absolute atomic E-state index is 12.2. The highest BCUT2D eigenvalue weighted by Gasteiger charge is 2.29. The quantitative estimate of drug-likeness (QED) is 0.773. The van der Waals surface area contributed by atoms with E-state index >= 15 is 0 Å². The molecule has 1 aromatic rings. The van der Waals surface area contributed by atoms with Gasteiger partial charge in [-0.05, 0) is 52.1 Å². The molecule has 0 N–H and O–H groups in total. The van der Waals surface area contributed by atoms with Crippen LogP contribution in [-0.2, 0) is 4.74 Å². The molecule has 1 aromatic heterocycles. The molecule has 2 heterocycles. The van der Waals surface area contributed by atoms with Crippen LogP contribution in [0.1, 0.15) is 39.3 Å². The van der Waals surface area contributed by atoms with E-state index in [1.54, 1.807) is 11.9 Å². The van der Waals surface area contributed by atoms with Crippen LogP contribution in [-0.4, -0.2) is 52.7 Å². The zero-order valence-corrected chi connectivity index (χ0v) is 15.2. The van der Waals surface area contributed by atoms with Crippen LogP contribution in [0.25, 0.3) is 0 Å². The molecular formula is C16H25ClN4O2. The molecule has 1 aliphatic heterocycles. The SMILES string of the molecule is Cc1cc(N2CCC[C@H](N(C)C(=O)OC(C)(C)C)C2)nc(Cl)n1. The molecule has 128 valence electrons. The first kappa shape index (κ1) is 17.8. The number of anilines is 1. The zero-order valence-electron chi connectivity index (χ0n) is 14.5. The number of hydrogen-bond donors (Lipinski definition) is 0. The van der Waals surface area contributed by atoms with Crippen molar-refractivity contribution in [2.75, 3.05) is 25.0 Å². The second kappa shape index (κ2) is 6.91. The summed E-state index contributed by atoms with van der Waals surface area (Å²) in [6.45, 7) is 9.12. The fourth-order valence-electron chi connectivity index (χ4n) is 2.64. The number of carbonyl (C=O) groups is 1. The maximum Gasteiger partial charge on any atom is 0.410 e. The van der Waals surface area contributed by atoms with E-state index in [1.165, 1.54) is 0 Å². The summed E-state index contributed by atoms with van der Waals surface area (Å²) in [5.41, 5.74) is 0.347. The molecule has 0 unspecified atom stereocenters. The molecule has 2 rings (SSSR count). The Kier molecular flexibility index (Phi) is 5.34. The van der Waals surface area contributed by atoms with Crippen molar-refractivity contribution >= 4 is 23.5 Å². The van der Waals surface area contributed by atoms with Crippen molar-refractivity contribution in [3.8, 4) is 0 Å². The lowest BCUT2D eigenvalue weighted by atomic mass is 10.0. The van der Waals surface area contributed by atoms with Crippen LogP contribution in [0.3, 0.4) is 0 Å². The van der Waals surface area contributed by atoms with Gasteiger partial charge in [0, 0.05) is 31.9 Å². The lowest BCUT2D eigenvalue weighted by Crippen LogP contribution is -2.50. The smallest absolute Gasteiger partial charge is 0.410 e. The Balaban J connectivity index is 2.07. The number of likely N-dealkylation sites (N-methyl/N-ethyl adjacent to an activating group) is 1. The van der Waals surface area contributed by atoms with E-state index in [4.69, 9.17) is 16.3 Å². The molecule has 1 fully saturated rings. The van der Waals surface area contributed by atoms with Crippen LogP contribution < -0.4 is 4.90 Å². The van der Waals surface area contributed by atoms with E-state index in [2.05, 4.69) is 14.9 Å². The van der Waals surface area contributed by atoms with Crippen molar-refractivity contribution in [2.45, 2.75) is 52.2 Å². The van der Waals surface area contributed by atoms with Crippen LogP contribution in [0.2, 0.25) is 5.28 Å². The predicted molar refractivity (Wildman–Crippen MR) is 91.0 cm³/mol. The number of aromatic nitrogens is 2. The number of aryl methyl sites for hydroxylation is 1. The number of rotatable bonds is 2. The minimum Gasteiger partial charge on any atom is -0.444 e. The van der Waals surface area contributed by atoms with Gasteiger partial charge in [-0.3, -0.25) is 0 Å². The first-order valence-corrected chi connectivity index (χ1v) is 8.25. The van der Waals surface area contributed by atoms with Gasteiger partial charge in [-0.25, -0.2) is 14.8 Å². The van der Waals surface area contributed by atoms with Crippen molar-refractivity contribution in [3.63, 3.8) is 0 Å². The average Bonchev–Trinajstić information content (AvgIpc) is 2.44. The molecule has 1 saturated heterocycles. The summed E-state index contributed by atoms with van der Waals surface area (Å²) in [6, 6.07) is 2.01. The summed E-state index contributed by atoms with van der Waals surface area (Å²) in [5.74, 6) is 0.810. The van der Waals surface area contributed by atoms with Gasteiger partial charge in [0.2, 0.25) is 5.28 Å². The molecular weight excluding hydrogens is 316 g/mol. The third-order valence-electron chi connectivity index (χ3n) is 3.76. The summed E-state index contributed by atoms with van der Waals surface area (Å²) in [7, 11) is 1.79. The van der Waals surface area contributed by atoms with E-state index < -0.39 is 5.60 Å². The highest BCUT2D eigenvalue weighted by molar-refractivity contribution is 6.28. The molecule has 1 aliphatic rings. The van der Waals surface area contributed by atoms with Gasteiger partial charge < -0.3 is 14.5 Å². The Bertz CT molecular complexity index is 553. The number of nitrogens with zero attached hydrogens (tertiary/aromatic N) is 4. The van der Waals surface area contributed by atoms with Crippen LogP contribution in [0.15, 0.2) is 6.07 Å². The third kappa shape index (κ3) is 4.96. The first-order valence-electron chi connectivity index (χ1n) is 7.87. The molecule has 1 atom stereocenters. The second-order valence-electron chi connectivity index (χ2n) is 6.97. The molecule has 1 amide bonds. The molecule has 0 bridgehead atoms. The van der Waals surface area contributed by atoms with Crippen molar-refractivity contribution in [3.05, 3.63) is 17.0 Å². The van der Waals surface area contributed by atoms with Gasteiger partial charge in [0.1, 0.15) is 11.4 Å². The summed E-state index contributed by atoms with van der Waals surface area (Å²) in [4.78, 5) is 24.5. The first-order chi connectivity index (χ1) is 10.7. The van der Waals surface area contributed by atoms with E-state index in [-0.39, 0.29) is 17.4 Å². The Hall–Kier alpha value is -1.56. The molecule has 7 heteroatoms. The lowest BCUT2D eigenvalue weighted by Gasteiger charge is -2.38. The summed E-state index contributed by atoms with van der Waals surface area (Å²) in [6.07, 6.45) is 1.64. The molecule has 0 radical (unpaired) electrons. The fraction of sp³-hybridized carbons (Fsp3) is 0.688. The fourth-order valence-corrected chi connectivity index (χ4v) is 2.86. The number of piperidine rings is 1. The maximum atomic E-state index is 12.2. The molecule has 6 nitrogen and oxygen atoms in total. The van der Waals surface area contributed by atoms with Crippen molar-refractivity contribution in [2.24, 2.45) is 0 Å². The Labute approximate surface area is 142 Å². The molecule has 23 heavy (non-hydrogen) atoms. The van der Waals surface area contributed by atoms with Gasteiger partial charge in [-0.1, -0.05) is 0 Å². The number of amides is 1. The van der Waals surface area contributed by atoms with Crippen molar-refractivity contribution in [1.29, 1.82) is 0 Å². The average molecular weight is 341 g/mol. The second-order valence-corrected chi connectivity index (χ2v) is 7.31. The van der Waals surface area contributed by atoms with Crippen molar-refractivity contribution < 1.29 is 9.53 Å². The minimum absolute atomic E-state index is 0.0904. The Morgan fingerprint density at radius 1 is 1.43 bits per heavy atom. The summed E-state index contributed by atoms with van der Waals surface area (Å²) >= 11 is 5.96. The highest BCUT2D eigenvalue weighted by atomic mass is 35.5. The number of hydrogen-bond acceptors (Lipinski definition) is 5. The Morgan fingerprint density at radius 2 is 2.13 bits per heavy atom. The Morgan fingerprint density at radius 3 is 2.74 bits per heavy atom.